The van der Waals surface area contributed by atoms with E-state index < -0.39 is 14.0 Å². The number of hydrogen-bond acceptors (Lipinski definition) is 5. The Bertz CT molecular complexity index is 662. The van der Waals surface area contributed by atoms with Gasteiger partial charge in [-0.25, -0.2) is 0 Å². The Labute approximate surface area is 175 Å². The molecular formula is C23H31O5P. The number of Topliss-reactive ketones (excluding diaryl/α,β-unsaturated/α-hetero) is 1. The SMILES string of the molecule is CC(=O)C(C)(C)COCCCOP(OCc1ccccc1)OCc1ccccc1. The Hall–Kier alpha value is -1.62. The van der Waals surface area contributed by atoms with Gasteiger partial charge in [0, 0.05) is 12.0 Å². The van der Waals surface area contributed by atoms with Crippen molar-refractivity contribution >= 4 is 14.4 Å². The first-order valence-corrected chi connectivity index (χ1v) is 10.9. The van der Waals surface area contributed by atoms with Crippen LogP contribution < -0.4 is 0 Å². The smallest absolute Gasteiger partial charge is 0.333 e. The predicted octanol–water partition coefficient (Wildman–Crippen LogP) is 5.69. The first kappa shape index (κ1) is 23.7. The molecule has 0 spiro atoms. The second kappa shape index (κ2) is 12.8. The quantitative estimate of drug-likeness (QED) is 0.292. The summed E-state index contributed by atoms with van der Waals surface area (Å²) in [6, 6.07) is 19.9. The molecule has 0 unspecified atom stereocenters. The van der Waals surface area contributed by atoms with Gasteiger partial charge in [0.25, 0.3) is 0 Å². The largest absolute Gasteiger partial charge is 0.380 e. The summed E-state index contributed by atoms with van der Waals surface area (Å²) in [6.07, 6.45) is 0.705. The Balaban J connectivity index is 1.74. The van der Waals surface area contributed by atoms with Crippen LogP contribution in [0.3, 0.4) is 0 Å². The Morgan fingerprint density at radius 2 is 1.34 bits per heavy atom. The number of hydrogen-bond donors (Lipinski definition) is 0. The fourth-order valence-electron chi connectivity index (χ4n) is 2.24. The van der Waals surface area contributed by atoms with Gasteiger partial charge in [0.15, 0.2) is 0 Å². The van der Waals surface area contributed by atoms with E-state index in [1.807, 2.05) is 74.5 Å². The second-order valence-corrected chi connectivity index (χ2v) is 8.64. The molecular weight excluding hydrogens is 387 g/mol. The Morgan fingerprint density at radius 1 is 0.828 bits per heavy atom. The van der Waals surface area contributed by atoms with Crippen LogP contribution in [0.25, 0.3) is 0 Å². The minimum Gasteiger partial charge on any atom is -0.380 e. The Morgan fingerprint density at radius 3 is 1.83 bits per heavy atom. The first-order valence-electron chi connectivity index (χ1n) is 9.83. The summed E-state index contributed by atoms with van der Waals surface area (Å²) in [4.78, 5) is 11.5. The van der Waals surface area contributed by atoms with Crippen LogP contribution in [0.5, 0.6) is 0 Å². The zero-order valence-corrected chi connectivity index (χ0v) is 18.4. The van der Waals surface area contributed by atoms with Gasteiger partial charge in [0.05, 0.1) is 26.4 Å². The van der Waals surface area contributed by atoms with Crippen LogP contribution in [-0.4, -0.2) is 25.6 Å². The first-order chi connectivity index (χ1) is 14.0. The highest BCUT2D eigenvalue weighted by Crippen LogP contribution is 2.41. The molecule has 2 aromatic carbocycles. The topological polar surface area (TPSA) is 54.0 Å². The van der Waals surface area contributed by atoms with Crippen LogP contribution in [-0.2, 0) is 36.3 Å². The molecule has 0 aliphatic rings. The van der Waals surface area contributed by atoms with E-state index in [-0.39, 0.29) is 5.78 Å². The molecule has 6 heteroatoms. The van der Waals surface area contributed by atoms with Crippen molar-refractivity contribution in [2.45, 2.75) is 40.4 Å². The molecule has 158 valence electrons. The molecule has 0 aromatic heterocycles. The molecule has 0 saturated heterocycles. The lowest BCUT2D eigenvalue weighted by Gasteiger charge is -2.21. The molecule has 0 atom stereocenters. The van der Waals surface area contributed by atoms with Gasteiger partial charge < -0.3 is 18.3 Å². The number of rotatable bonds is 14. The maximum absolute atomic E-state index is 11.5. The number of carbonyl (C=O) groups is 1. The van der Waals surface area contributed by atoms with E-state index in [0.29, 0.717) is 39.5 Å². The highest BCUT2D eigenvalue weighted by Gasteiger charge is 2.23. The summed E-state index contributed by atoms with van der Waals surface area (Å²) in [6.45, 7) is 7.64. The van der Waals surface area contributed by atoms with Gasteiger partial charge in [-0.05, 0) is 24.5 Å². The fourth-order valence-corrected chi connectivity index (χ4v) is 3.25. The average molecular weight is 418 g/mol. The average Bonchev–Trinajstić information content (AvgIpc) is 2.73. The third-order valence-electron chi connectivity index (χ3n) is 4.40. The van der Waals surface area contributed by atoms with Gasteiger partial charge >= 0.3 is 8.60 Å². The van der Waals surface area contributed by atoms with Crippen LogP contribution in [0, 0.1) is 5.41 Å². The standard InChI is InChI=1S/C23H31O5P/c1-20(24)23(2,3)19-25-15-10-16-26-29(27-17-21-11-6-4-7-12-21)28-18-22-13-8-5-9-14-22/h4-9,11-14H,10,15-19H2,1-3H3. The molecule has 0 aliphatic carbocycles. The number of ether oxygens (including phenoxy) is 1. The van der Waals surface area contributed by atoms with E-state index in [1.165, 1.54) is 0 Å². The molecule has 2 aromatic rings. The number of benzene rings is 2. The van der Waals surface area contributed by atoms with Gasteiger partial charge in [-0.2, -0.15) is 0 Å². The van der Waals surface area contributed by atoms with E-state index in [1.54, 1.807) is 6.92 Å². The summed E-state index contributed by atoms with van der Waals surface area (Å²) >= 11 is 0. The third-order valence-corrected chi connectivity index (χ3v) is 5.48. The minimum absolute atomic E-state index is 0.126. The monoisotopic (exact) mass is 418 g/mol. The molecule has 2 rings (SSSR count). The van der Waals surface area contributed by atoms with Crippen molar-refractivity contribution in [3.05, 3.63) is 71.8 Å². The second-order valence-electron chi connectivity index (χ2n) is 7.42. The van der Waals surface area contributed by atoms with Crippen molar-refractivity contribution in [3.8, 4) is 0 Å². The summed E-state index contributed by atoms with van der Waals surface area (Å²) in [5.74, 6) is 0.126. The van der Waals surface area contributed by atoms with Crippen LogP contribution in [0.15, 0.2) is 60.7 Å². The molecule has 0 heterocycles. The van der Waals surface area contributed by atoms with Crippen molar-refractivity contribution in [3.63, 3.8) is 0 Å². The number of carbonyl (C=O) groups excluding carboxylic acids is 1. The van der Waals surface area contributed by atoms with E-state index >= 15 is 0 Å². The van der Waals surface area contributed by atoms with Gasteiger partial charge in [-0.3, -0.25) is 4.79 Å². The van der Waals surface area contributed by atoms with Crippen molar-refractivity contribution < 1.29 is 23.1 Å². The van der Waals surface area contributed by atoms with Crippen LogP contribution in [0.4, 0.5) is 0 Å². The molecule has 0 saturated carbocycles. The van der Waals surface area contributed by atoms with E-state index in [9.17, 15) is 4.79 Å². The molecule has 0 amide bonds. The molecule has 29 heavy (non-hydrogen) atoms. The van der Waals surface area contributed by atoms with Crippen LogP contribution in [0.2, 0.25) is 0 Å². The minimum atomic E-state index is -1.47. The normalized spacial score (nSPS) is 11.7. The predicted molar refractivity (Wildman–Crippen MR) is 115 cm³/mol. The molecule has 0 aliphatic heterocycles. The summed E-state index contributed by atoms with van der Waals surface area (Å²) in [5.41, 5.74) is 1.69. The van der Waals surface area contributed by atoms with Gasteiger partial charge in [0.2, 0.25) is 0 Å². The Kier molecular flexibility index (Phi) is 10.5. The zero-order valence-electron chi connectivity index (χ0n) is 17.5. The molecule has 0 bridgehead atoms. The van der Waals surface area contributed by atoms with Crippen molar-refractivity contribution in [1.82, 2.24) is 0 Å². The highest BCUT2D eigenvalue weighted by molar-refractivity contribution is 7.41. The highest BCUT2D eigenvalue weighted by atomic mass is 31.2. The van der Waals surface area contributed by atoms with Crippen LogP contribution >= 0.6 is 8.60 Å². The molecule has 0 fully saturated rings. The van der Waals surface area contributed by atoms with E-state index in [0.717, 1.165) is 11.1 Å². The maximum Gasteiger partial charge on any atom is 0.333 e. The van der Waals surface area contributed by atoms with Gasteiger partial charge in [0.1, 0.15) is 5.78 Å². The molecule has 0 N–H and O–H groups in total. The maximum atomic E-state index is 11.5. The zero-order chi connectivity index (χ0) is 21.0. The molecule has 0 radical (unpaired) electrons. The lowest BCUT2D eigenvalue weighted by Crippen LogP contribution is -2.27. The molecule has 5 nitrogen and oxygen atoms in total. The van der Waals surface area contributed by atoms with Crippen molar-refractivity contribution in [1.29, 1.82) is 0 Å². The fraction of sp³-hybridized carbons (Fsp3) is 0.435. The summed E-state index contributed by atoms with van der Waals surface area (Å²) in [5, 5.41) is 0. The van der Waals surface area contributed by atoms with E-state index in [4.69, 9.17) is 18.3 Å². The summed E-state index contributed by atoms with van der Waals surface area (Å²) in [7, 11) is -1.47. The van der Waals surface area contributed by atoms with E-state index in [2.05, 4.69) is 0 Å². The van der Waals surface area contributed by atoms with Crippen LogP contribution in [0.1, 0.15) is 38.3 Å². The third kappa shape index (κ3) is 9.62. The number of ketones is 1. The lowest BCUT2D eigenvalue weighted by atomic mass is 9.90. The summed E-state index contributed by atoms with van der Waals surface area (Å²) < 4.78 is 23.2. The van der Waals surface area contributed by atoms with Gasteiger partial charge in [-0.15, -0.1) is 0 Å². The van der Waals surface area contributed by atoms with Crippen molar-refractivity contribution in [2.24, 2.45) is 5.41 Å². The van der Waals surface area contributed by atoms with Crippen molar-refractivity contribution in [2.75, 3.05) is 19.8 Å². The van der Waals surface area contributed by atoms with Gasteiger partial charge in [-0.1, -0.05) is 74.5 Å². The lowest BCUT2D eigenvalue weighted by molar-refractivity contribution is -0.128.